The lowest BCUT2D eigenvalue weighted by Gasteiger charge is -2.18. The molecule has 0 fully saturated rings. The van der Waals surface area contributed by atoms with Gasteiger partial charge in [-0.3, -0.25) is 4.79 Å². The third-order valence-corrected chi connectivity index (χ3v) is 6.13. The molecule has 33 heavy (non-hydrogen) atoms. The van der Waals surface area contributed by atoms with Crippen LogP contribution in [0.25, 0.3) is 0 Å². The van der Waals surface area contributed by atoms with Gasteiger partial charge >= 0.3 is 0 Å². The fourth-order valence-corrected chi connectivity index (χ4v) is 3.70. The summed E-state index contributed by atoms with van der Waals surface area (Å²) in [4.78, 5) is 16.8. The van der Waals surface area contributed by atoms with E-state index in [1.165, 1.54) is 30.3 Å². The Morgan fingerprint density at radius 2 is 1.82 bits per heavy atom. The predicted molar refractivity (Wildman–Crippen MR) is 131 cm³/mol. The Bertz CT molecular complexity index is 1110. The summed E-state index contributed by atoms with van der Waals surface area (Å²) in [6, 6.07) is 10.7. The van der Waals surface area contributed by atoms with E-state index in [0.29, 0.717) is 30.3 Å². The van der Waals surface area contributed by atoms with Gasteiger partial charge in [-0.1, -0.05) is 24.8 Å². The molecule has 0 spiro atoms. The molecule has 2 aromatic carbocycles. The van der Waals surface area contributed by atoms with Gasteiger partial charge < -0.3 is 19.9 Å². The van der Waals surface area contributed by atoms with E-state index in [1.807, 2.05) is 13.8 Å². The number of ether oxygens (including phenoxy) is 3. The zero-order valence-corrected chi connectivity index (χ0v) is 20.6. The van der Waals surface area contributed by atoms with Gasteiger partial charge in [-0.15, -0.1) is 0 Å². The van der Waals surface area contributed by atoms with Crippen LogP contribution in [-0.4, -0.2) is 45.6 Å². The molecule has 8 nitrogen and oxygen atoms in total. The van der Waals surface area contributed by atoms with E-state index in [4.69, 9.17) is 19.9 Å². The number of carbonyl (C=O) groups is 1. The maximum Gasteiger partial charge on any atom is 0.279 e. The molecule has 2 aromatic rings. The third-order valence-electron chi connectivity index (χ3n) is 4.26. The summed E-state index contributed by atoms with van der Waals surface area (Å²) in [6.07, 6.45) is 3.39. The SMILES string of the molecule is C/C=C/SC(N)=NC(=O)c1cc(Oc2ccc(S(C)(=O)=O)cc2)cc(OC(CC)COC)c1. The quantitative estimate of drug-likeness (QED) is 0.383. The number of rotatable bonds is 10. The maximum atomic E-state index is 12.7. The van der Waals surface area contributed by atoms with Gasteiger partial charge in [0, 0.05) is 25.0 Å². The molecule has 2 rings (SSSR count). The largest absolute Gasteiger partial charge is 0.488 e. The van der Waals surface area contributed by atoms with Crippen molar-refractivity contribution < 1.29 is 27.4 Å². The molecule has 0 saturated heterocycles. The average molecular weight is 493 g/mol. The summed E-state index contributed by atoms with van der Waals surface area (Å²) in [7, 11) is -1.74. The van der Waals surface area contributed by atoms with Gasteiger partial charge in [-0.25, -0.2) is 8.42 Å². The minimum atomic E-state index is -3.32. The Balaban J connectivity index is 2.38. The zero-order valence-electron chi connectivity index (χ0n) is 19.0. The first-order chi connectivity index (χ1) is 15.7. The molecule has 0 bridgehead atoms. The molecular formula is C23H28N2O6S2. The van der Waals surface area contributed by atoms with Gasteiger partial charge in [0.2, 0.25) is 0 Å². The number of thioether (sulfide) groups is 1. The molecule has 1 unspecified atom stereocenters. The number of methoxy groups -OCH3 is 1. The van der Waals surface area contributed by atoms with Crippen LogP contribution in [0.15, 0.2) is 63.8 Å². The molecule has 0 aromatic heterocycles. The van der Waals surface area contributed by atoms with Crippen LogP contribution in [0.5, 0.6) is 17.2 Å². The van der Waals surface area contributed by atoms with Gasteiger partial charge in [0.25, 0.3) is 5.91 Å². The lowest BCUT2D eigenvalue weighted by Crippen LogP contribution is -2.21. The first kappa shape index (κ1) is 26.4. The predicted octanol–water partition coefficient (Wildman–Crippen LogP) is 4.41. The van der Waals surface area contributed by atoms with Crippen molar-refractivity contribution in [2.24, 2.45) is 10.7 Å². The highest BCUT2D eigenvalue weighted by Gasteiger charge is 2.15. The number of hydrogen-bond donors (Lipinski definition) is 1. The summed E-state index contributed by atoms with van der Waals surface area (Å²) < 4.78 is 40.4. The first-order valence-corrected chi connectivity index (χ1v) is 12.9. The standard InChI is InChI=1S/C23H28N2O6S2/c1-5-11-32-23(24)25-22(26)16-12-19(30-17(6-2)15-29-3)14-20(13-16)31-18-7-9-21(10-8-18)33(4,27)28/h5,7-14,17H,6,15H2,1-4H3,(H2,24,25,26)/b11-5+. The molecule has 0 radical (unpaired) electrons. The lowest BCUT2D eigenvalue weighted by molar-refractivity contribution is 0.0785. The molecule has 0 heterocycles. The van der Waals surface area contributed by atoms with E-state index >= 15 is 0 Å². The number of aliphatic imine (C=N–C) groups is 1. The summed E-state index contributed by atoms with van der Waals surface area (Å²) in [5, 5.41) is 1.82. The number of carbonyl (C=O) groups excluding carboxylic acids is 1. The van der Waals surface area contributed by atoms with Crippen LogP contribution in [0.2, 0.25) is 0 Å². The Labute approximate surface area is 198 Å². The lowest BCUT2D eigenvalue weighted by atomic mass is 10.2. The van der Waals surface area contributed by atoms with Crippen LogP contribution in [0, 0.1) is 0 Å². The summed E-state index contributed by atoms with van der Waals surface area (Å²) >= 11 is 1.13. The molecular weight excluding hydrogens is 464 g/mol. The molecule has 10 heteroatoms. The van der Waals surface area contributed by atoms with Gasteiger partial charge in [0.1, 0.15) is 23.4 Å². The number of sulfone groups is 1. The third kappa shape index (κ3) is 8.56. The molecule has 1 atom stereocenters. The molecule has 0 aliphatic carbocycles. The van der Waals surface area contributed by atoms with Crippen molar-refractivity contribution in [3.05, 3.63) is 59.5 Å². The number of allylic oxidation sites excluding steroid dienone is 1. The summed E-state index contributed by atoms with van der Waals surface area (Å²) in [6.45, 7) is 4.17. The van der Waals surface area contributed by atoms with Crippen molar-refractivity contribution in [1.82, 2.24) is 0 Å². The van der Waals surface area contributed by atoms with Crippen LogP contribution in [0.3, 0.4) is 0 Å². The normalized spacial score (nSPS) is 13.2. The van der Waals surface area contributed by atoms with E-state index in [1.54, 1.807) is 30.7 Å². The Morgan fingerprint density at radius 3 is 2.39 bits per heavy atom. The van der Waals surface area contributed by atoms with Crippen LogP contribution in [-0.2, 0) is 14.6 Å². The number of hydrogen-bond acceptors (Lipinski definition) is 7. The molecule has 178 valence electrons. The number of amides is 1. The van der Waals surface area contributed by atoms with Crippen molar-refractivity contribution >= 4 is 32.7 Å². The second-order valence-electron chi connectivity index (χ2n) is 6.98. The van der Waals surface area contributed by atoms with Gasteiger partial charge in [-0.05, 0) is 55.2 Å². The van der Waals surface area contributed by atoms with Crippen LogP contribution < -0.4 is 15.2 Å². The molecule has 0 aliphatic rings. The van der Waals surface area contributed by atoms with Crippen LogP contribution >= 0.6 is 11.8 Å². The van der Waals surface area contributed by atoms with Crippen molar-refractivity contribution in [3.63, 3.8) is 0 Å². The molecule has 1 amide bonds. The van der Waals surface area contributed by atoms with Gasteiger partial charge in [0.15, 0.2) is 15.0 Å². The maximum absolute atomic E-state index is 12.7. The number of benzene rings is 2. The van der Waals surface area contributed by atoms with Crippen molar-refractivity contribution in [3.8, 4) is 17.2 Å². The number of nitrogens with zero attached hydrogens (tertiary/aromatic N) is 1. The number of amidine groups is 1. The monoisotopic (exact) mass is 492 g/mol. The van der Waals surface area contributed by atoms with Crippen LogP contribution in [0.1, 0.15) is 30.6 Å². The Kier molecular flexibility index (Phi) is 9.95. The fraction of sp³-hybridized carbons (Fsp3) is 0.304. The first-order valence-electron chi connectivity index (χ1n) is 10.1. The van der Waals surface area contributed by atoms with E-state index in [0.717, 1.165) is 18.0 Å². The zero-order chi connectivity index (χ0) is 24.4. The summed E-state index contributed by atoms with van der Waals surface area (Å²) in [5.41, 5.74) is 6.03. The smallest absolute Gasteiger partial charge is 0.279 e. The van der Waals surface area contributed by atoms with E-state index < -0.39 is 15.7 Å². The van der Waals surface area contributed by atoms with Crippen molar-refractivity contribution in [1.29, 1.82) is 0 Å². The highest BCUT2D eigenvalue weighted by Crippen LogP contribution is 2.29. The van der Waals surface area contributed by atoms with Crippen LogP contribution in [0.4, 0.5) is 0 Å². The molecule has 0 saturated carbocycles. The Hall–Kier alpha value is -2.82. The number of nitrogens with two attached hydrogens (primary N) is 1. The van der Waals surface area contributed by atoms with E-state index in [9.17, 15) is 13.2 Å². The second-order valence-corrected chi connectivity index (χ2v) is 9.93. The molecule has 0 aliphatic heterocycles. The van der Waals surface area contributed by atoms with Gasteiger partial charge in [-0.2, -0.15) is 4.99 Å². The average Bonchev–Trinajstić information content (AvgIpc) is 2.77. The Morgan fingerprint density at radius 1 is 1.15 bits per heavy atom. The fourth-order valence-electron chi connectivity index (χ4n) is 2.66. The highest BCUT2D eigenvalue weighted by atomic mass is 32.2. The van der Waals surface area contributed by atoms with E-state index in [-0.39, 0.29) is 21.7 Å². The minimum Gasteiger partial charge on any atom is -0.488 e. The molecule has 2 N–H and O–H groups in total. The van der Waals surface area contributed by atoms with Gasteiger partial charge in [0.05, 0.1) is 11.5 Å². The second kappa shape index (κ2) is 12.4. The minimum absolute atomic E-state index is 0.106. The van der Waals surface area contributed by atoms with Crippen molar-refractivity contribution in [2.75, 3.05) is 20.0 Å². The summed E-state index contributed by atoms with van der Waals surface area (Å²) in [5.74, 6) is 0.577. The van der Waals surface area contributed by atoms with Crippen molar-refractivity contribution in [2.45, 2.75) is 31.3 Å². The van der Waals surface area contributed by atoms with E-state index in [2.05, 4.69) is 4.99 Å². The topological polar surface area (TPSA) is 117 Å². The highest BCUT2D eigenvalue weighted by molar-refractivity contribution is 8.16.